The van der Waals surface area contributed by atoms with Crippen molar-refractivity contribution in [2.75, 3.05) is 13.6 Å². The number of carbonyl (C=O) groups is 2. The van der Waals surface area contributed by atoms with Crippen molar-refractivity contribution in [1.29, 1.82) is 0 Å². The van der Waals surface area contributed by atoms with Gasteiger partial charge < -0.3 is 10.0 Å². The molecule has 104 valence electrons. The summed E-state index contributed by atoms with van der Waals surface area (Å²) < 4.78 is 0. The van der Waals surface area contributed by atoms with Crippen LogP contribution in [0.15, 0.2) is 24.3 Å². The van der Waals surface area contributed by atoms with Crippen LogP contribution in [0.25, 0.3) is 0 Å². The molecule has 0 saturated heterocycles. The highest BCUT2D eigenvalue weighted by Crippen LogP contribution is 2.31. The first-order valence-corrected chi connectivity index (χ1v) is 6.37. The zero-order chi connectivity index (χ0) is 14.6. The molecule has 0 heterocycles. The van der Waals surface area contributed by atoms with E-state index in [1.807, 2.05) is 12.1 Å². The first kappa shape index (κ1) is 15.5. The Morgan fingerprint density at radius 3 is 2.42 bits per heavy atom. The first-order chi connectivity index (χ1) is 8.76. The van der Waals surface area contributed by atoms with Crippen LogP contribution in [0, 0.1) is 0 Å². The van der Waals surface area contributed by atoms with E-state index in [0.29, 0.717) is 5.02 Å². The van der Waals surface area contributed by atoms with Gasteiger partial charge in [0.25, 0.3) is 0 Å². The maximum atomic E-state index is 12.4. The molecular formula is C14H18ClNO3. The molecule has 0 fully saturated rings. The molecule has 4 nitrogen and oxygen atoms in total. The Kier molecular flexibility index (Phi) is 4.95. The Balaban J connectivity index is 2.91. The summed E-state index contributed by atoms with van der Waals surface area (Å²) in [5, 5.41) is 9.18. The van der Waals surface area contributed by atoms with Crippen LogP contribution >= 0.6 is 11.6 Å². The quantitative estimate of drug-likeness (QED) is 0.903. The molecule has 0 atom stereocenters. The second kappa shape index (κ2) is 6.06. The molecule has 0 aromatic heterocycles. The van der Waals surface area contributed by atoms with E-state index >= 15 is 0 Å². The maximum Gasteiger partial charge on any atom is 0.305 e. The first-order valence-electron chi connectivity index (χ1n) is 5.99. The second-order valence-corrected chi connectivity index (χ2v) is 5.38. The third-order valence-electron chi connectivity index (χ3n) is 3.09. The summed E-state index contributed by atoms with van der Waals surface area (Å²) >= 11 is 6.12. The van der Waals surface area contributed by atoms with Crippen LogP contribution in [0.5, 0.6) is 0 Å². The molecule has 0 bridgehead atoms. The van der Waals surface area contributed by atoms with E-state index in [2.05, 4.69) is 0 Å². The zero-order valence-electron chi connectivity index (χ0n) is 11.3. The van der Waals surface area contributed by atoms with Gasteiger partial charge in [0.05, 0.1) is 11.8 Å². The van der Waals surface area contributed by atoms with Gasteiger partial charge in [-0.3, -0.25) is 9.59 Å². The average Bonchev–Trinajstić information content (AvgIpc) is 2.35. The summed E-state index contributed by atoms with van der Waals surface area (Å²) in [4.78, 5) is 24.4. The van der Waals surface area contributed by atoms with Crippen molar-refractivity contribution in [2.45, 2.75) is 25.7 Å². The Labute approximate surface area is 118 Å². The van der Waals surface area contributed by atoms with E-state index in [1.54, 1.807) is 33.0 Å². The Morgan fingerprint density at radius 1 is 1.32 bits per heavy atom. The number of rotatable bonds is 5. The number of aliphatic carboxylic acids is 1. The number of hydrogen-bond acceptors (Lipinski definition) is 2. The Bertz CT molecular complexity index is 485. The number of likely N-dealkylation sites (N-methyl/N-ethyl adjacent to an activating group) is 1. The van der Waals surface area contributed by atoms with Crippen molar-refractivity contribution in [3.8, 4) is 0 Å². The smallest absolute Gasteiger partial charge is 0.305 e. The fourth-order valence-electron chi connectivity index (χ4n) is 1.93. The minimum atomic E-state index is -0.921. The Hall–Kier alpha value is -1.55. The van der Waals surface area contributed by atoms with Crippen LogP contribution in [0.3, 0.4) is 0 Å². The summed E-state index contributed by atoms with van der Waals surface area (Å²) in [6.45, 7) is 3.75. The third kappa shape index (κ3) is 3.70. The lowest BCUT2D eigenvalue weighted by atomic mass is 9.83. The zero-order valence-corrected chi connectivity index (χ0v) is 12.1. The van der Waals surface area contributed by atoms with Gasteiger partial charge in [-0.25, -0.2) is 0 Å². The van der Waals surface area contributed by atoms with Crippen molar-refractivity contribution >= 4 is 23.5 Å². The summed E-state index contributed by atoms with van der Waals surface area (Å²) in [6.07, 6.45) is -0.0686. The molecular weight excluding hydrogens is 266 g/mol. The van der Waals surface area contributed by atoms with Crippen molar-refractivity contribution in [1.82, 2.24) is 4.90 Å². The molecule has 0 saturated carbocycles. The monoisotopic (exact) mass is 283 g/mol. The fraction of sp³-hybridized carbons (Fsp3) is 0.429. The number of carbonyl (C=O) groups excluding carboxylic acids is 1. The van der Waals surface area contributed by atoms with Gasteiger partial charge in [-0.15, -0.1) is 0 Å². The standard InChI is InChI=1S/C14H18ClNO3/c1-14(2,10-6-4-5-7-11(10)15)13(19)16(3)9-8-12(17)18/h4-7H,8-9H2,1-3H3,(H,17,18). The number of carboxylic acids is 1. The number of carboxylic acid groups (broad SMARTS) is 1. The number of hydrogen-bond donors (Lipinski definition) is 1. The number of nitrogens with zero attached hydrogens (tertiary/aromatic N) is 1. The van der Waals surface area contributed by atoms with Crippen LogP contribution in [0.2, 0.25) is 5.02 Å². The van der Waals surface area contributed by atoms with Crippen molar-refractivity contribution in [3.63, 3.8) is 0 Å². The van der Waals surface area contributed by atoms with Gasteiger partial charge in [-0.05, 0) is 25.5 Å². The Morgan fingerprint density at radius 2 is 1.89 bits per heavy atom. The maximum absolute atomic E-state index is 12.4. The highest BCUT2D eigenvalue weighted by molar-refractivity contribution is 6.31. The second-order valence-electron chi connectivity index (χ2n) is 4.98. The topological polar surface area (TPSA) is 57.6 Å². The van der Waals surface area contributed by atoms with Crippen LogP contribution in [-0.2, 0) is 15.0 Å². The van der Waals surface area contributed by atoms with Gasteiger partial charge in [0.2, 0.25) is 5.91 Å². The molecule has 0 unspecified atom stereocenters. The third-order valence-corrected chi connectivity index (χ3v) is 3.42. The van der Waals surface area contributed by atoms with Gasteiger partial charge >= 0.3 is 5.97 Å². The predicted octanol–water partition coefficient (Wildman–Crippen LogP) is 2.55. The minimum Gasteiger partial charge on any atom is -0.481 e. The number of benzene rings is 1. The molecule has 19 heavy (non-hydrogen) atoms. The summed E-state index contributed by atoms with van der Waals surface area (Å²) in [5.41, 5.74) is -0.0464. The van der Waals surface area contributed by atoms with Gasteiger partial charge in [-0.1, -0.05) is 29.8 Å². The molecule has 0 aliphatic rings. The molecule has 1 aromatic carbocycles. The van der Waals surface area contributed by atoms with E-state index in [0.717, 1.165) is 5.56 Å². The summed E-state index contributed by atoms with van der Waals surface area (Å²) in [7, 11) is 1.60. The van der Waals surface area contributed by atoms with E-state index in [-0.39, 0.29) is 18.9 Å². The van der Waals surface area contributed by atoms with Crippen molar-refractivity contribution < 1.29 is 14.7 Å². The molecule has 0 aliphatic carbocycles. The van der Waals surface area contributed by atoms with Gasteiger partial charge in [0, 0.05) is 18.6 Å². The van der Waals surface area contributed by atoms with Crippen molar-refractivity contribution in [2.24, 2.45) is 0 Å². The fourth-order valence-corrected chi connectivity index (χ4v) is 2.30. The van der Waals surface area contributed by atoms with Crippen LogP contribution in [-0.4, -0.2) is 35.5 Å². The highest BCUT2D eigenvalue weighted by Gasteiger charge is 2.33. The SMILES string of the molecule is CN(CCC(=O)O)C(=O)C(C)(C)c1ccccc1Cl. The molecule has 0 radical (unpaired) electrons. The van der Waals surface area contributed by atoms with Crippen LogP contribution in [0.1, 0.15) is 25.8 Å². The molecule has 1 amide bonds. The molecule has 0 spiro atoms. The van der Waals surface area contributed by atoms with Gasteiger partial charge in [-0.2, -0.15) is 0 Å². The van der Waals surface area contributed by atoms with E-state index in [1.165, 1.54) is 4.90 Å². The van der Waals surface area contributed by atoms with Gasteiger partial charge in [0.15, 0.2) is 0 Å². The lowest BCUT2D eigenvalue weighted by Crippen LogP contribution is -2.42. The predicted molar refractivity (Wildman–Crippen MR) is 74.4 cm³/mol. The largest absolute Gasteiger partial charge is 0.481 e. The van der Waals surface area contributed by atoms with E-state index in [9.17, 15) is 9.59 Å². The molecule has 1 N–H and O–H groups in total. The van der Waals surface area contributed by atoms with E-state index < -0.39 is 11.4 Å². The normalized spacial score (nSPS) is 11.2. The lowest BCUT2D eigenvalue weighted by Gasteiger charge is -2.30. The van der Waals surface area contributed by atoms with E-state index in [4.69, 9.17) is 16.7 Å². The number of amides is 1. The molecule has 1 rings (SSSR count). The minimum absolute atomic E-state index is 0.0686. The molecule has 1 aromatic rings. The van der Waals surface area contributed by atoms with Crippen LogP contribution in [0.4, 0.5) is 0 Å². The molecule has 5 heteroatoms. The van der Waals surface area contributed by atoms with Crippen molar-refractivity contribution in [3.05, 3.63) is 34.9 Å². The summed E-state index contributed by atoms with van der Waals surface area (Å²) in [6, 6.07) is 7.18. The lowest BCUT2D eigenvalue weighted by molar-refractivity contribution is -0.139. The summed E-state index contributed by atoms with van der Waals surface area (Å²) in [5.74, 6) is -1.07. The highest BCUT2D eigenvalue weighted by atomic mass is 35.5. The van der Waals surface area contributed by atoms with Crippen LogP contribution < -0.4 is 0 Å². The molecule has 0 aliphatic heterocycles. The van der Waals surface area contributed by atoms with Gasteiger partial charge in [0.1, 0.15) is 0 Å². The number of halogens is 1. The average molecular weight is 284 g/mol.